The molecule has 0 heterocycles. The van der Waals surface area contributed by atoms with E-state index in [2.05, 4.69) is 12.2 Å². The molecule has 3 heteroatoms. The Kier molecular flexibility index (Phi) is 10.7. The quantitative estimate of drug-likeness (QED) is 0.545. The Morgan fingerprint density at radius 1 is 1.06 bits per heavy atom. The van der Waals surface area contributed by atoms with Crippen LogP contribution in [0.1, 0.15) is 49.4 Å². The summed E-state index contributed by atoms with van der Waals surface area (Å²) >= 11 is 0. The minimum absolute atomic E-state index is 0. The maximum absolute atomic E-state index is 11.7. The van der Waals surface area contributed by atoms with Gasteiger partial charge in [0.2, 0.25) is 0 Å². The average Bonchev–Trinajstić information content (AvgIpc) is 2.38. The molecule has 1 N–H and O–H groups in total. The Labute approximate surface area is 117 Å². The van der Waals surface area contributed by atoms with E-state index in [1.807, 2.05) is 30.3 Å². The first-order valence-electron chi connectivity index (χ1n) is 6.63. The molecule has 0 unspecified atom stereocenters. The molecule has 0 saturated carbocycles. The van der Waals surface area contributed by atoms with Crippen molar-refractivity contribution in [1.29, 1.82) is 0 Å². The number of unbranched alkanes of at least 4 members (excludes halogenated alkanes) is 3. The molecule has 1 rings (SSSR count). The monoisotopic (exact) mass is 269 g/mol. The second kappa shape index (κ2) is 11.2. The minimum Gasteiger partial charge on any atom is -0.316 e. The number of rotatable bonds is 9. The number of nitrogens with one attached hydrogen (secondary N) is 1. The van der Waals surface area contributed by atoms with E-state index in [4.69, 9.17) is 0 Å². The average molecular weight is 270 g/mol. The second-order valence-electron chi connectivity index (χ2n) is 4.35. The van der Waals surface area contributed by atoms with E-state index in [0.717, 1.165) is 18.7 Å². The first-order valence-corrected chi connectivity index (χ1v) is 6.63. The lowest BCUT2D eigenvalue weighted by Gasteiger charge is -2.04. The van der Waals surface area contributed by atoms with Crippen molar-refractivity contribution in [3.63, 3.8) is 0 Å². The van der Waals surface area contributed by atoms with Crippen LogP contribution in [0.4, 0.5) is 0 Å². The lowest BCUT2D eigenvalue weighted by atomic mass is 10.1. The van der Waals surface area contributed by atoms with Crippen LogP contribution >= 0.6 is 12.4 Å². The molecule has 0 amide bonds. The highest BCUT2D eigenvalue weighted by molar-refractivity contribution is 5.96. The minimum atomic E-state index is 0. The molecule has 0 aromatic heterocycles. The van der Waals surface area contributed by atoms with Crippen molar-refractivity contribution in [3.05, 3.63) is 35.9 Å². The lowest BCUT2D eigenvalue weighted by molar-refractivity contribution is 0.0982. The number of carbonyl (C=O) groups is 1. The summed E-state index contributed by atoms with van der Waals surface area (Å²) in [4.78, 5) is 11.7. The van der Waals surface area contributed by atoms with Gasteiger partial charge in [-0.05, 0) is 13.0 Å². The Bertz CT molecular complexity index is 314. The third-order valence-corrected chi connectivity index (χ3v) is 2.83. The molecule has 1 aromatic carbocycles. The Morgan fingerprint density at radius 3 is 2.44 bits per heavy atom. The van der Waals surface area contributed by atoms with E-state index < -0.39 is 0 Å². The van der Waals surface area contributed by atoms with Gasteiger partial charge in [0.15, 0.2) is 5.78 Å². The zero-order chi connectivity index (χ0) is 12.3. The number of Topliss-reactive ketones (excluding diaryl/α,β-unsaturated/α-hetero) is 1. The Morgan fingerprint density at radius 2 is 1.78 bits per heavy atom. The summed E-state index contributed by atoms with van der Waals surface area (Å²) in [7, 11) is 0. The van der Waals surface area contributed by atoms with Gasteiger partial charge in [0.05, 0.1) is 0 Å². The normalized spacial score (nSPS) is 9.83. The molecule has 1 aromatic rings. The van der Waals surface area contributed by atoms with E-state index in [-0.39, 0.29) is 18.2 Å². The maximum atomic E-state index is 11.7. The molecule has 0 atom stereocenters. The van der Waals surface area contributed by atoms with Gasteiger partial charge in [0.25, 0.3) is 0 Å². The summed E-state index contributed by atoms with van der Waals surface area (Å²) in [6, 6.07) is 9.51. The fraction of sp³-hybridized carbons (Fsp3) is 0.533. The van der Waals surface area contributed by atoms with Crippen LogP contribution in [0.5, 0.6) is 0 Å². The van der Waals surface area contributed by atoms with Gasteiger partial charge in [0.1, 0.15) is 0 Å². The number of carbonyl (C=O) groups excluding carboxylic acids is 1. The summed E-state index contributed by atoms with van der Waals surface area (Å²) in [6.07, 6.45) is 5.68. The van der Waals surface area contributed by atoms with Crippen molar-refractivity contribution in [1.82, 2.24) is 5.32 Å². The van der Waals surface area contributed by atoms with Gasteiger partial charge >= 0.3 is 0 Å². The van der Waals surface area contributed by atoms with Crippen LogP contribution in [-0.4, -0.2) is 18.9 Å². The summed E-state index contributed by atoms with van der Waals surface area (Å²) in [5.74, 6) is 0.228. The number of ketones is 1. The molecule has 0 aliphatic rings. The van der Waals surface area contributed by atoms with E-state index in [1.54, 1.807) is 0 Å². The lowest BCUT2D eigenvalue weighted by Crippen LogP contribution is -2.19. The van der Waals surface area contributed by atoms with E-state index >= 15 is 0 Å². The summed E-state index contributed by atoms with van der Waals surface area (Å²) in [5.41, 5.74) is 0.820. The molecule has 0 fully saturated rings. The predicted molar refractivity (Wildman–Crippen MR) is 79.6 cm³/mol. The first kappa shape index (κ1) is 17.1. The predicted octanol–water partition coefficient (Wildman–Crippen LogP) is 3.85. The molecule has 0 aliphatic carbocycles. The fourth-order valence-electron chi connectivity index (χ4n) is 1.77. The van der Waals surface area contributed by atoms with Gasteiger partial charge in [-0.15, -0.1) is 12.4 Å². The highest BCUT2D eigenvalue weighted by Crippen LogP contribution is 2.02. The number of hydrogen-bond donors (Lipinski definition) is 1. The molecule has 2 nitrogen and oxygen atoms in total. The fourth-order valence-corrected chi connectivity index (χ4v) is 1.77. The van der Waals surface area contributed by atoms with Gasteiger partial charge < -0.3 is 5.32 Å². The first-order chi connectivity index (χ1) is 8.34. The van der Waals surface area contributed by atoms with Gasteiger partial charge in [0, 0.05) is 18.5 Å². The Balaban J connectivity index is 0.00000289. The van der Waals surface area contributed by atoms with Crippen molar-refractivity contribution in [2.24, 2.45) is 0 Å². The van der Waals surface area contributed by atoms with Gasteiger partial charge in [-0.3, -0.25) is 4.79 Å². The maximum Gasteiger partial charge on any atom is 0.164 e. The summed E-state index contributed by atoms with van der Waals surface area (Å²) in [6.45, 7) is 4.04. The van der Waals surface area contributed by atoms with Crippen LogP contribution in [0.3, 0.4) is 0 Å². The largest absolute Gasteiger partial charge is 0.316 e. The van der Waals surface area contributed by atoms with E-state index in [1.165, 1.54) is 25.7 Å². The molecule has 102 valence electrons. The highest BCUT2D eigenvalue weighted by Gasteiger charge is 2.03. The number of hydrogen-bond acceptors (Lipinski definition) is 2. The number of benzene rings is 1. The smallest absolute Gasteiger partial charge is 0.164 e. The second-order valence-corrected chi connectivity index (χ2v) is 4.35. The zero-order valence-corrected chi connectivity index (χ0v) is 12.0. The SMILES string of the molecule is CCCCCCNCCC(=O)c1ccccc1.Cl. The summed E-state index contributed by atoms with van der Waals surface area (Å²) < 4.78 is 0. The van der Waals surface area contributed by atoms with Crippen LogP contribution in [-0.2, 0) is 0 Å². The van der Waals surface area contributed by atoms with Gasteiger partial charge in [-0.1, -0.05) is 56.5 Å². The van der Waals surface area contributed by atoms with Crippen molar-refractivity contribution < 1.29 is 4.79 Å². The number of halogens is 1. The van der Waals surface area contributed by atoms with E-state index in [0.29, 0.717) is 6.42 Å². The van der Waals surface area contributed by atoms with Crippen molar-refractivity contribution in [2.45, 2.75) is 39.0 Å². The highest BCUT2D eigenvalue weighted by atomic mass is 35.5. The topological polar surface area (TPSA) is 29.1 Å². The van der Waals surface area contributed by atoms with Crippen LogP contribution in [0, 0.1) is 0 Å². The molecule has 0 bridgehead atoms. The third-order valence-electron chi connectivity index (χ3n) is 2.83. The van der Waals surface area contributed by atoms with Crippen molar-refractivity contribution >= 4 is 18.2 Å². The van der Waals surface area contributed by atoms with Crippen molar-refractivity contribution in [2.75, 3.05) is 13.1 Å². The molecule has 0 radical (unpaired) electrons. The molecular formula is C15H24ClNO. The van der Waals surface area contributed by atoms with Crippen LogP contribution in [0.15, 0.2) is 30.3 Å². The van der Waals surface area contributed by atoms with Crippen LogP contribution < -0.4 is 5.32 Å². The van der Waals surface area contributed by atoms with E-state index in [9.17, 15) is 4.79 Å². The summed E-state index contributed by atoms with van der Waals surface area (Å²) in [5, 5.41) is 3.32. The third kappa shape index (κ3) is 7.46. The standard InChI is InChI=1S/C15H23NO.ClH/c1-2-3-4-8-12-16-13-11-15(17)14-9-6-5-7-10-14;/h5-7,9-10,16H,2-4,8,11-13H2,1H3;1H. The zero-order valence-electron chi connectivity index (χ0n) is 11.2. The molecule has 0 spiro atoms. The molecular weight excluding hydrogens is 246 g/mol. The molecule has 0 saturated heterocycles. The van der Waals surface area contributed by atoms with Gasteiger partial charge in [-0.25, -0.2) is 0 Å². The Hall–Kier alpha value is -0.860. The molecule has 18 heavy (non-hydrogen) atoms. The van der Waals surface area contributed by atoms with Crippen molar-refractivity contribution in [3.8, 4) is 0 Å². The van der Waals surface area contributed by atoms with Crippen LogP contribution in [0.25, 0.3) is 0 Å². The van der Waals surface area contributed by atoms with Crippen LogP contribution in [0.2, 0.25) is 0 Å². The molecule has 0 aliphatic heterocycles. The van der Waals surface area contributed by atoms with Gasteiger partial charge in [-0.2, -0.15) is 0 Å².